The van der Waals surface area contributed by atoms with Gasteiger partial charge in [0.25, 0.3) is 5.89 Å². The van der Waals surface area contributed by atoms with Crippen LogP contribution in [0.3, 0.4) is 0 Å². The minimum absolute atomic E-state index is 0.00507. The van der Waals surface area contributed by atoms with Gasteiger partial charge in [0, 0.05) is 22.7 Å². The number of carbonyl (C=O) groups is 1. The van der Waals surface area contributed by atoms with Crippen LogP contribution in [0.4, 0.5) is 0 Å². The van der Waals surface area contributed by atoms with Crippen molar-refractivity contribution < 1.29 is 23.2 Å². The molecule has 0 N–H and O–H groups in total. The highest BCUT2D eigenvalue weighted by Gasteiger charge is 2.19. The molecule has 0 aliphatic heterocycles. The van der Waals surface area contributed by atoms with Gasteiger partial charge in [0.05, 0.1) is 18.7 Å². The first kappa shape index (κ1) is 21.2. The smallest absolute Gasteiger partial charge is 0.349 e. The predicted molar refractivity (Wildman–Crippen MR) is 115 cm³/mol. The number of benzene rings is 1. The molecule has 0 fully saturated rings. The Morgan fingerprint density at radius 1 is 1.19 bits per heavy atom. The summed E-state index contributed by atoms with van der Waals surface area (Å²) in [5.41, 5.74) is 1.61. The van der Waals surface area contributed by atoms with Gasteiger partial charge >= 0.3 is 11.6 Å². The molecule has 0 aliphatic rings. The van der Waals surface area contributed by atoms with Crippen molar-refractivity contribution in [3.63, 3.8) is 0 Å². The Balaban J connectivity index is 1.74. The largest absolute Gasteiger partial charge is 0.497 e. The molecule has 32 heavy (non-hydrogen) atoms. The number of hydrogen-bond donors (Lipinski definition) is 0. The third-order valence-electron chi connectivity index (χ3n) is 4.88. The average molecular weight is 435 g/mol. The summed E-state index contributed by atoms with van der Waals surface area (Å²) < 4.78 is 21.3. The summed E-state index contributed by atoms with van der Waals surface area (Å²) in [4.78, 5) is 33.1. The van der Waals surface area contributed by atoms with Gasteiger partial charge in [-0.25, -0.2) is 4.79 Å². The number of aromatic nitrogens is 3. The van der Waals surface area contributed by atoms with E-state index in [0.29, 0.717) is 39.4 Å². The maximum absolute atomic E-state index is 12.7. The summed E-state index contributed by atoms with van der Waals surface area (Å²) in [6, 6.07) is 8.71. The molecule has 9 nitrogen and oxygen atoms in total. The van der Waals surface area contributed by atoms with Crippen LogP contribution < -0.4 is 10.4 Å². The monoisotopic (exact) mass is 435 g/mol. The topological polar surface area (TPSA) is 118 Å². The van der Waals surface area contributed by atoms with E-state index in [-0.39, 0.29) is 29.9 Å². The SMILES string of the molecule is COc1ccc(-c2noc(-c3cc4c(COC(=O)C(C)C)cnc(C)c4oc3=O)n2)cc1. The Kier molecular flexibility index (Phi) is 5.72. The number of rotatable bonds is 6. The molecule has 0 saturated heterocycles. The third kappa shape index (κ3) is 4.09. The fraction of sp³-hybridized carbons (Fsp3) is 0.261. The predicted octanol–water partition coefficient (Wildman–Crippen LogP) is 3.92. The molecule has 0 bridgehead atoms. The van der Waals surface area contributed by atoms with Crippen LogP contribution in [0.25, 0.3) is 33.8 Å². The molecule has 0 saturated carbocycles. The Hall–Kier alpha value is -4.01. The molecule has 3 aromatic heterocycles. The summed E-state index contributed by atoms with van der Waals surface area (Å²) in [5.74, 6) is 0.438. The second kappa shape index (κ2) is 8.62. The first-order valence-corrected chi connectivity index (χ1v) is 9.95. The van der Waals surface area contributed by atoms with Gasteiger partial charge in [0.1, 0.15) is 17.9 Å². The molecule has 164 valence electrons. The van der Waals surface area contributed by atoms with E-state index in [1.54, 1.807) is 64.4 Å². The van der Waals surface area contributed by atoms with Gasteiger partial charge in [-0.3, -0.25) is 9.78 Å². The van der Waals surface area contributed by atoms with Crippen molar-refractivity contribution in [2.45, 2.75) is 27.4 Å². The molecule has 3 heterocycles. The van der Waals surface area contributed by atoms with Crippen LogP contribution in [0.15, 0.2) is 50.3 Å². The van der Waals surface area contributed by atoms with Crippen molar-refractivity contribution in [1.82, 2.24) is 15.1 Å². The van der Waals surface area contributed by atoms with Crippen molar-refractivity contribution in [2.24, 2.45) is 5.92 Å². The molecule has 4 aromatic rings. The number of aryl methyl sites for hydroxylation is 1. The van der Waals surface area contributed by atoms with Gasteiger partial charge in [-0.2, -0.15) is 4.98 Å². The second-order valence-electron chi connectivity index (χ2n) is 7.47. The van der Waals surface area contributed by atoms with Crippen LogP contribution in [0.5, 0.6) is 5.75 Å². The number of methoxy groups -OCH3 is 1. The van der Waals surface area contributed by atoms with E-state index in [1.165, 1.54) is 0 Å². The standard InChI is InChI=1S/C23H21N3O6/c1-12(2)22(27)30-11-15-10-24-13(3)19-17(15)9-18(23(28)31-19)21-25-20(26-32-21)14-5-7-16(29-4)8-6-14/h5-10,12H,11H2,1-4H3. The van der Waals surface area contributed by atoms with Crippen LogP contribution in [-0.2, 0) is 16.1 Å². The van der Waals surface area contributed by atoms with E-state index in [9.17, 15) is 9.59 Å². The van der Waals surface area contributed by atoms with E-state index < -0.39 is 5.63 Å². The van der Waals surface area contributed by atoms with Crippen LogP contribution in [0, 0.1) is 12.8 Å². The Morgan fingerprint density at radius 3 is 2.62 bits per heavy atom. The number of hydrogen-bond acceptors (Lipinski definition) is 9. The van der Waals surface area contributed by atoms with Gasteiger partial charge < -0.3 is 18.4 Å². The van der Waals surface area contributed by atoms with E-state index in [4.69, 9.17) is 18.4 Å². The zero-order valence-corrected chi connectivity index (χ0v) is 18.0. The highest BCUT2D eigenvalue weighted by molar-refractivity contribution is 5.85. The Morgan fingerprint density at radius 2 is 1.94 bits per heavy atom. The van der Waals surface area contributed by atoms with Crippen molar-refractivity contribution in [3.05, 3.63) is 58.2 Å². The van der Waals surface area contributed by atoms with E-state index >= 15 is 0 Å². The van der Waals surface area contributed by atoms with Crippen molar-refractivity contribution >= 4 is 16.9 Å². The van der Waals surface area contributed by atoms with Gasteiger partial charge in [0.15, 0.2) is 5.58 Å². The fourth-order valence-electron chi connectivity index (χ4n) is 3.05. The molecule has 0 spiro atoms. The maximum atomic E-state index is 12.7. The first-order valence-electron chi connectivity index (χ1n) is 9.95. The highest BCUT2D eigenvalue weighted by Crippen LogP contribution is 2.27. The van der Waals surface area contributed by atoms with Crippen LogP contribution in [0.2, 0.25) is 0 Å². The summed E-state index contributed by atoms with van der Waals surface area (Å²) in [7, 11) is 1.58. The maximum Gasteiger partial charge on any atom is 0.349 e. The zero-order valence-electron chi connectivity index (χ0n) is 18.0. The zero-order chi connectivity index (χ0) is 22.8. The Labute approximate surface area is 183 Å². The summed E-state index contributed by atoms with van der Waals surface area (Å²) >= 11 is 0. The molecular weight excluding hydrogens is 414 g/mol. The molecule has 1 aromatic carbocycles. The molecular formula is C23H21N3O6. The molecule has 0 amide bonds. The van der Waals surface area contributed by atoms with Crippen molar-refractivity contribution in [3.8, 4) is 28.6 Å². The minimum Gasteiger partial charge on any atom is -0.497 e. The molecule has 0 aliphatic carbocycles. The quantitative estimate of drug-likeness (QED) is 0.415. The lowest BCUT2D eigenvalue weighted by molar-refractivity contribution is -0.148. The number of nitrogens with zero attached hydrogens (tertiary/aromatic N) is 3. The lowest BCUT2D eigenvalue weighted by Crippen LogP contribution is -2.12. The molecule has 0 atom stereocenters. The highest BCUT2D eigenvalue weighted by atomic mass is 16.5. The van der Waals surface area contributed by atoms with Gasteiger partial charge in [-0.1, -0.05) is 19.0 Å². The third-order valence-corrected chi connectivity index (χ3v) is 4.88. The lowest BCUT2D eigenvalue weighted by Gasteiger charge is -2.10. The number of esters is 1. The van der Waals surface area contributed by atoms with Crippen molar-refractivity contribution in [1.29, 1.82) is 0 Å². The Bertz CT molecular complexity index is 1340. The normalized spacial score (nSPS) is 11.2. The summed E-state index contributed by atoms with van der Waals surface area (Å²) in [5, 5.41) is 4.55. The number of fused-ring (bicyclic) bond motifs is 1. The molecule has 9 heteroatoms. The van der Waals surface area contributed by atoms with E-state index in [1.807, 2.05) is 0 Å². The van der Waals surface area contributed by atoms with E-state index in [2.05, 4.69) is 15.1 Å². The number of ether oxygens (including phenoxy) is 2. The molecule has 0 unspecified atom stereocenters. The van der Waals surface area contributed by atoms with E-state index in [0.717, 1.165) is 0 Å². The summed E-state index contributed by atoms with van der Waals surface area (Å²) in [6.07, 6.45) is 1.59. The van der Waals surface area contributed by atoms with Crippen molar-refractivity contribution in [2.75, 3.05) is 7.11 Å². The lowest BCUT2D eigenvalue weighted by atomic mass is 10.1. The minimum atomic E-state index is -0.636. The van der Waals surface area contributed by atoms with Gasteiger partial charge in [-0.15, -0.1) is 0 Å². The molecule has 0 radical (unpaired) electrons. The van der Waals surface area contributed by atoms with Gasteiger partial charge in [-0.05, 0) is 37.3 Å². The van der Waals surface area contributed by atoms with Crippen LogP contribution >= 0.6 is 0 Å². The van der Waals surface area contributed by atoms with Crippen LogP contribution in [0.1, 0.15) is 25.1 Å². The number of pyridine rings is 1. The van der Waals surface area contributed by atoms with Crippen LogP contribution in [-0.4, -0.2) is 28.2 Å². The fourth-order valence-corrected chi connectivity index (χ4v) is 3.05. The van der Waals surface area contributed by atoms with Gasteiger partial charge in [0.2, 0.25) is 5.82 Å². The average Bonchev–Trinajstić information content (AvgIpc) is 3.28. The molecule has 4 rings (SSSR count). The second-order valence-corrected chi connectivity index (χ2v) is 7.47. The first-order chi connectivity index (χ1) is 15.4. The summed E-state index contributed by atoms with van der Waals surface area (Å²) in [6.45, 7) is 5.22. The number of carbonyl (C=O) groups excluding carboxylic acids is 1.